The Bertz CT molecular complexity index is 8450. The number of nitrogens with zero attached hydrogens (tertiary/aromatic N) is 7. The summed E-state index contributed by atoms with van der Waals surface area (Å²) in [6, 6.07) is 83.9. The van der Waals surface area contributed by atoms with E-state index in [1.807, 2.05) is 178 Å². The Kier molecular flexibility index (Phi) is 31.6. The third-order valence-electron chi connectivity index (χ3n) is 23.0. The van der Waals surface area contributed by atoms with E-state index in [-0.39, 0.29) is 36.2 Å². The highest BCUT2D eigenvalue weighted by Crippen LogP contribution is 2.34. The lowest BCUT2D eigenvalue weighted by molar-refractivity contribution is 0.141. The van der Waals surface area contributed by atoms with Gasteiger partial charge in [0.15, 0.2) is 56.8 Å². The normalized spacial score (nSPS) is 11.1. The first-order valence-corrected chi connectivity index (χ1v) is 44.5. The maximum atomic E-state index is 13.3. The minimum Gasteiger partial charge on any atom is -0.508 e. The number of para-hydroxylation sites is 2. The zero-order valence-corrected chi connectivity index (χ0v) is 79.5. The van der Waals surface area contributed by atoms with Crippen LogP contribution in [-0.2, 0) is 45.9 Å². The van der Waals surface area contributed by atoms with Crippen LogP contribution in [0.15, 0.2) is 356 Å². The van der Waals surface area contributed by atoms with Crippen molar-refractivity contribution in [2.75, 3.05) is 56.9 Å². The highest BCUT2D eigenvalue weighted by molar-refractivity contribution is 5.79. The molecule has 0 fully saturated rings. The number of methoxy groups -OCH3 is 8. The Balaban J connectivity index is 0.000000126. The number of oxazole rings is 7. The molecule has 0 bridgehead atoms. The van der Waals surface area contributed by atoms with Crippen LogP contribution in [0.1, 0.15) is 61.9 Å². The number of aliphatic hydroxyl groups is 2. The van der Waals surface area contributed by atoms with Gasteiger partial charge in [0.2, 0.25) is 0 Å². The van der Waals surface area contributed by atoms with Crippen molar-refractivity contribution in [1.29, 1.82) is 0 Å². The molecular formula is C109H98FN7O27. The second-order valence-corrected chi connectivity index (χ2v) is 32.5. The molecule has 0 spiro atoms. The number of benzene rings is 14. The molecule has 14 aromatic carbocycles. The molecule has 0 aliphatic rings. The van der Waals surface area contributed by atoms with E-state index in [9.17, 15) is 63.5 Å². The number of hydrogen-bond acceptors (Lipinski definition) is 27. The van der Waals surface area contributed by atoms with Crippen LogP contribution < -0.4 is 78.2 Å². The molecule has 7 aromatic heterocycles. The van der Waals surface area contributed by atoms with Crippen LogP contribution in [0.25, 0.3) is 77.7 Å². The summed E-state index contributed by atoms with van der Waals surface area (Å²) in [4.78, 5) is 83.7. The van der Waals surface area contributed by atoms with Gasteiger partial charge in [-0.3, -0.25) is 27.4 Å². The van der Waals surface area contributed by atoms with Crippen LogP contribution in [0.3, 0.4) is 0 Å². The summed E-state index contributed by atoms with van der Waals surface area (Å²) < 4.78 is 101. The average Bonchev–Trinajstić information content (AvgIpc) is 1.62. The fraction of sp³-hybridized carbons (Fsp3) is 0.165. The zero-order valence-electron chi connectivity index (χ0n) is 79.5. The number of phenolic OH excluding ortho intramolecular Hbond substituents is 3. The van der Waals surface area contributed by atoms with Gasteiger partial charge in [-0.15, -0.1) is 0 Å². The van der Waals surface area contributed by atoms with Crippen molar-refractivity contribution < 1.29 is 98.7 Å². The summed E-state index contributed by atoms with van der Waals surface area (Å²) in [5, 5.41) is 48.4. The standard InChI is InChI=1S/C16H15NO5.2C16H15NO4.C16H15NO3.C15H12FNO3.2C15H13NO4/c1-20-14-5-3-4-10(15(14)21-2)9-17-12-8-11(18)6-7-13(12)22-16(17)19;1-19-12-5-3-4-11(8-12)10-17-14-9-13(20-2)6-7-15(14)21-16(17)18;1-20-13-4-2-3-11(7-13)9-17-14-8-12(10-18)5-6-15(14)21-16(17)19;1-10-4-3-5-12(8-10)15(18)17-13-9-11(2)6-7-14(13)20-16(17)19;1-19-12-5-2-10(3-6-12)9-17-13-8-11(16)4-7-14(13)20-15(17)18;1-19-12-4-2-3-10(7-12)9-16-13-8-11(17)5-6-14(13)20-15(16)18;1-19-13-5-3-2-4-10(13)9-16-12-8-11(17)6-7-14(12)20-15(16)18/h3-8,18H,9H2,1-2H3;3-9H,10H2,1-2H3;2-8,18H,9-10H2,1H3;3-9,15,18H,1-2H3;2-8H,9H2,1H3;2*2-8,17H,9H2,1H3. The van der Waals surface area contributed by atoms with E-state index in [0.717, 1.165) is 73.1 Å². The topological polar surface area (TPSA) is 421 Å². The summed E-state index contributed by atoms with van der Waals surface area (Å²) in [6.45, 7) is 5.83. The molecule has 21 rings (SSSR count). The second kappa shape index (κ2) is 45.5. The van der Waals surface area contributed by atoms with Gasteiger partial charge in [0, 0.05) is 47.0 Å². The molecular weight excluding hydrogens is 1860 g/mol. The minimum atomic E-state index is -1.05. The van der Waals surface area contributed by atoms with Gasteiger partial charge in [0.25, 0.3) is 0 Å². The highest BCUT2D eigenvalue weighted by Gasteiger charge is 2.23. The van der Waals surface area contributed by atoms with Gasteiger partial charge < -0.3 is 94.3 Å². The SMILES string of the molecule is COc1ccc(Cn2c(=O)oc3ccc(F)cc32)cc1.COc1cccc(Cn2c(=O)oc3ccc(CO)cc32)c1.COc1cccc(Cn2c(=O)oc3ccc(O)cc32)c1.COc1cccc(Cn2c(=O)oc3ccc(O)cc32)c1OC.COc1cccc(Cn2c(=O)oc3ccc(OC)cc32)c1.COc1ccccc1Cn1c(=O)oc2ccc(O)cc21.Cc1cccc(C(O)n2c(=O)oc3ccc(C)cc32)c1. The van der Waals surface area contributed by atoms with Gasteiger partial charge in [-0.25, -0.2) is 42.5 Å². The molecule has 5 N–H and O–H groups in total. The van der Waals surface area contributed by atoms with Gasteiger partial charge in [0.1, 0.15) is 57.6 Å². The fourth-order valence-electron chi connectivity index (χ4n) is 15.8. The molecule has 0 amide bonds. The van der Waals surface area contributed by atoms with Crippen molar-refractivity contribution in [1.82, 2.24) is 32.0 Å². The number of rotatable bonds is 23. The molecule has 144 heavy (non-hydrogen) atoms. The van der Waals surface area contributed by atoms with Gasteiger partial charge >= 0.3 is 40.3 Å². The molecule has 0 saturated carbocycles. The second-order valence-electron chi connectivity index (χ2n) is 32.5. The van der Waals surface area contributed by atoms with Crippen LogP contribution in [0, 0.1) is 19.7 Å². The van der Waals surface area contributed by atoms with Crippen LogP contribution in [0.2, 0.25) is 0 Å². The van der Waals surface area contributed by atoms with Crippen LogP contribution in [0.5, 0.6) is 63.2 Å². The predicted molar refractivity (Wildman–Crippen MR) is 536 cm³/mol. The first-order chi connectivity index (χ1) is 69.6. The number of hydrogen-bond donors (Lipinski definition) is 5. The Morgan fingerprint density at radius 2 is 0.625 bits per heavy atom. The lowest BCUT2D eigenvalue weighted by Gasteiger charge is -2.12. The summed E-state index contributed by atoms with van der Waals surface area (Å²) in [6.07, 6.45) is -1.05. The Hall–Kier alpha value is -18.4. The number of aromatic nitrogens is 7. The molecule has 21 aromatic rings. The molecule has 0 saturated heterocycles. The van der Waals surface area contributed by atoms with Crippen molar-refractivity contribution in [3.8, 4) is 63.2 Å². The molecule has 35 heteroatoms. The third kappa shape index (κ3) is 23.4. The van der Waals surface area contributed by atoms with E-state index in [0.29, 0.717) is 139 Å². The van der Waals surface area contributed by atoms with Gasteiger partial charge in [0.05, 0.1) is 141 Å². The molecule has 738 valence electrons. The lowest BCUT2D eigenvalue weighted by Crippen LogP contribution is -2.21. The molecule has 0 radical (unpaired) electrons. The van der Waals surface area contributed by atoms with E-state index in [4.69, 9.17) is 68.8 Å². The van der Waals surface area contributed by atoms with E-state index >= 15 is 0 Å². The van der Waals surface area contributed by atoms with Crippen molar-refractivity contribution in [2.24, 2.45) is 0 Å². The van der Waals surface area contributed by atoms with Crippen LogP contribution in [-0.4, -0.2) is 114 Å². The molecule has 1 atom stereocenters. The number of aryl methyl sites for hydroxylation is 2. The molecule has 7 heterocycles. The van der Waals surface area contributed by atoms with Crippen molar-refractivity contribution >= 4 is 77.7 Å². The lowest BCUT2D eigenvalue weighted by atomic mass is 10.1. The maximum absolute atomic E-state index is 13.3. The largest absolute Gasteiger partial charge is 0.508 e. The number of halogens is 1. The van der Waals surface area contributed by atoms with Crippen LogP contribution in [0.4, 0.5) is 4.39 Å². The molecule has 34 nitrogen and oxygen atoms in total. The average molecular weight is 1960 g/mol. The van der Waals surface area contributed by atoms with E-state index in [1.54, 1.807) is 139 Å². The van der Waals surface area contributed by atoms with Crippen molar-refractivity contribution in [3.63, 3.8) is 0 Å². The summed E-state index contributed by atoms with van der Waals surface area (Å²) in [5.41, 5.74) is 16.1. The summed E-state index contributed by atoms with van der Waals surface area (Å²) in [5.74, 6) is 2.09. The Morgan fingerprint density at radius 1 is 0.278 bits per heavy atom. The van der Waals surface area contributed by atoms with Crippen molar-refractivity contribution in [2.45, 2.75) is 66.0 Å². The third-order valence-corrected chi connectivity index (χ3v) is 23.0. The van der Waals surface area contributed by atoms with Crippen LogP contribution >= 0.6 is 0 Å². The number of phenols is 3. The minimum absolute atomic E-state index is 0.0691. The number of aliphatic hydroxyl groups excluding tert-OH is 2. The van der Waals surface area contributed by atoms with Crippen molar-refractivity contribution in [3.05, 3.63) is 426 Å². The summed E-state index contributed by atoms with van der Waals surface area (Å²) in [7, 11) is 12.7. The number of ether oxygens (including phenoxy) is 8. The van der Waals surface area contributed by atoms with Gasteiger partial charge in [-0.2, -0.15) is 0 Å². The van der Waals surface area contributed by atoms with E-state index < -0.39 is 46.6 Å². The zero-order chi connectivity index (χ0) is 102. The maximum Gasteiger partial charge on any atom is 0.422 e. The van der Waals surface area contributed by atoms with Gasteiger partial charge in [-0.1, -0.05) is 121 Å². The molecule has 1 unspecified atom stereocenters. The number of fused-ring (bicyclic) bond motifs is 7. The highest BCUT2D eigenvalue weighted by atomic mass is 19.1. The smallest absolute Gasteiger partial charge is 0.422 e. The van der Waals surface area contributed by atoms with Gasteiger partial charge in [-0.05, 0) is 193 Å². The molecule has 0 aliphatic carbocycles. The van der Waals surface area contributed by atoms with E-state index in [1.165, 1.54) is 77.4 Å². The predicted octanol–water partition coefficient (Wildman–Crippen LogP) is 17.4. The number of aromatic hydroxyl groups is 3. The van der Waals surface area contributed by atoms with E-state index in [2.05, 4.69) is 0 Å². The molecule has 0 aliphatic heterocycles. The Morgan fingerprint density at radius 3 is 1.08 bits per heavy atom. The fourth-order valence-corrected chi connectivity index (χ4v) is 15.8. The first-order valence-electron chi connectivity index (χ1n) is 44.5. The Labute approximate surface area is 816 Å². The first kappa shape index (κ1) is 100. The quantitative estimate of drug-likeness (QED) is 0.0397. The monoisotopic (exact) mass is 1960 g/mol. The summed E-state index contributed by atoms with van der Waals surface area (Å²) >= 11 is 0.